The lowest BCUT2D eigenvalue weighted by atomic mass is 9.86. The van der Waals surface area contributed by atoms with Crippen molar-refractivity contribution in [2.24, 2.45) is 0 Å². The highest BCUT2D eigenvalue weighted by Gasteiger charge is 2.59. The van der Waals surface area contributed by atoms with Gasteiger partial charge in [0.2, 0.25) is 0 Å². The third-order valence-corrected chi connectivity index (χ3v) is 4.63. The highest BCUT2D eigenvalue weighted by atomic mass is 16.6. The van der Waals surface area contributed by atoms with Crippen molar-refractivity contribution in [3.05, 3.63) is 71.8 Å². The smallest absolute Gasteiger partial charge is 0.413 e. The molecule has 4 heteroatoms. The summed E-state index contributed by atoms with van der Waals surface area (Å²) in [5, 5.41) is 11.0. The number of hydrogen-bond acceptors (Lipinski definition) is 3. The number of nitrogens with zero attached hydrogens (tertiary/aromatic N) is 1. The molecule has 1 N–H and O–H groups in total. The van der Waals surface area contributed by atoms with E-state index in [1.807, 2.05) is 60.7 Å². The van der Waals surface area contributed by atoms with Crippen LogP contribution in [0.15, 0.2) is 60.7 Å². The monoisotopic (exact) mass is 311 g/mol. The summed E-state index contributed by atoms with van der Waals surface area (Å²) in [6, 6.07) is 19.3. The van der Waals surface area contributed by atoms with E-state index in [9.17, 15) is 9.90 Å². The topological polar surface area (TPSA) is 49.8 Å². The molecule has 1 amide bonds. The van der Waals surface area contributed by atoms with Crippen molar-refractivity contribution in [3.63, 3.8) is 0 Å². The lowest BCUT2D eigenvalue weighted by molar-refractivity contribution is -0.137. The average molecular weight is 311 g/mol. The van der Waals surface area contributed by atoms with E-state index >= 15 is 0 Å². The lowest BCUT2D eigenvalue weighted by Gasteiger charge is -2.37. The van der Waals surface area contributed by atoms with Gasteiger partial charge < -0.3 is 9.84 Å². The Labute approximate surface area is 136 Å². The summed E-state index contributed by atoms with van der Waals surface area (Å²) in [6.45, 7) is 3.74. The molecule has 2 aromatic carbocycles. The van der Waals surface area contributed by atoms with Crippen LogP contribution in [-0.2, 0) is 17.7 Å². The van der Waals surface area contributed by atoms with E-state index < -0.39 is 17.4 Å². The van der Waals surface area contributed by atoms with Crippen molar-refractivity contribution in [2.45, 2.75) is 38.1 Å². The average Bonchev–Trinajstić information content (AvgIpc) is 2.69. The van der Waals surface area contributed by atoms with Gasteiger partial charge in [-0.1, -0.05) is 60.7 Å². The van der Waals surface area contributed by atoms with Crippen LogP contribution < -0.4 is 0 Å². The van der Waals surface area contributed by atoms with E-state index in [0.717, 1.165) is 11.1 Å². The molecular weight excluding hydrogens is 290 g/mol. The zero-order valence-corrected chi connectivity index (χ0v) is 13.4. The van der Waals surface area contributed by atoms with Gasteiger partial charge in [-0.05, 0) is 25.0 Å². The summed E-state index contributed by atoms with van der Waals surface area (Å²) in [6.07, 6.45) is -0.0324. The van der Waals surface area contributed by atoms with Crippen LogP contribution in [0.2, 0.25) is 0 Å². The molecule has 1 heterocycles. The van der Waals surface area contributed by atoms with Crippen molar-refractivity contribution < 1.29 is 14.6 Å². The minimum atomic E-state index is -1.39. The van der Waals surface area contributed by atoms with Gasteiger partial charge in [-0.15, -0.1) is 0 Å². The fraction of sp³-hybridized carbons (Fsp3) is 0.316. The first-order valence-electron chi connectivity index (χ1n) is 7.73. The van der Waals surface area contributed by atoms with E-state index in [1.54, 1.807) is 13.8 Å². The first-order valence-corrected chi connectivity index (χ1v) is 7.73. The summed E-state index contributed by atoms with van der Waals surface area (Å²) in [4.78, 5) is 13.7. The number of rotatable bonds is 4. The molecule has 1 aliphatic heterocycles. The third kappa shape index (κ3) is 2.82. The molecule has 1 fully saturated rings. The van der Waals surface area contributed by atoms with Crippen molar-refractivity contribution in [2.75, 3.05) is 0 Å². The number of benzene rings is 2. The van der Waals surface area contributed by atoms with Crippen LogP contribution in [0.5, 0.6) is 0 Å². The van der Waals surface area contributed by atoms with E-state index in [4.69, 9.17) is 4.74 Å². The molecule has 0 unspecified atom stereocenters. The largest absolute Gasteiger partial charge is 0.438 e. The maximum absolute atomic E-state index is 12.3. The Morgan fingerprint density at radius 2 is 1.48 bits per heavy atom. The van der Waals surface area contributed by atoms with Crippen LogP contribution in [0, 0.1) is 0 Å². The van der Waals surface area contributed by atoms with Crippen LogP contribution in [0.25, 0.3) is 0 Å². The number of carbonyl (C=O) groups is 1. The fourth-order valence-corrected chi connectivity index (χ4v) is 2.98. The van der Waals surface area contributed by atoms with Crippen LogP contribution in [0.1, 0.15) is 25.0 Å². The molecular formula is C19H21NO3. The zero-order valence-electron chi connectivity index (χ0n) is 13.4. The molecule has 1 saturated heterocycles. The number of ether oxygens (including phenoxy) is 1. The first kappa shape index (κ1) is 15.6. The first-order chi connectivity index (χ1) is 10.9. The molecule has 3 rings (SSSR count). The van der Waals surface area contributed by atoms with Gasteiger partial charge in [-0.3, -0.25) is 4.90 Å². The second kappa shape index (κ2) is 5.70. The molecule has 4 nitrogen and oxygen atoms in total. The quantitative estimate of drug-likeness (QED) is 0.942. The standard InChI is InChI=1S/C19H21NO3/c1-18(13-15-9-5-3-6-10-15)19(2,22)20(17(21)23-18)14-16-11-7-4-8-12-16/h3-12,22H,13-14H2,1-2H3/t18-,19-/m0/s1. The molecule has 0 radical (unpaired) electrons. The Morgan fingerprint density at radius 1 is 0.957 bits per heavy atom. The maximum atomic E-state index is 12.3. The van der Waals surface area contributed by atoms with Gasteiger partial charge in [0.25, 0.3) is 0 Å². The van der Waals surface area contributed by atoms with Crippen LogP contribution >= 0.6 is 0 Å². The van der Waals surface area contributed by atoms with Crippen LogP contribution in [0.4, 0.5) is 4.79 Å². The Kier molecular flexibility index (Phi) is 3.86. The van der Waals surface area contributed by atoms with E-state index in [-0.39, 0.29) is 0 Å². The molecule has 0 saturated carbocycles. The normalized spacial score (nSPS) is 27.1. The van der Waals surface area contributed by atoms with Gasteiger partial charge in [0.1, 0.15) is 0 Å². The Balaban J connectivity index is 1.85. The Morgan fingerprint density at radius 3 is 2.04 bits per heavy atom. The molecule has 0 aliphatic carbocycles. The van der Waals surface area contributed by atoms with Crippen LogP contribution in [0.3, 0.4) is 0 Å². The van der Waals surface area contributed by atoms with Gasteiger partial charge in [-0.25, -0.2) is 4.79 Å². The van der Waals surface area contributed by atoms with E-state index in [0.29, 0.717) is 13.0 Å². The van der Waals surface area contributed by atoms with E-state index in [1.165, 1.54) is 4.90 Å². The number of aliphatic hydroxyl groups is 1. The maximum Gasteiger partial charge on any atom is 0.413 e. The third-order valence-electron chi connectivity index (χ3n) is 4.63. The number of cyclic esters (lactones) is 1. The Bertz CT molecular complexity index is 684. The molecule has 2 aromatic rings. The molecule has 120 valence electrons. The highest BCUT2D eigenvalue weighted by Crippen LogP contribution is 2.40. The second-order valence-electron chi connectivity index (χ2n) is 6.35. The molecule has 0 aromatic heterocycles. The Hall–Kier alpha value is -2.33. The van der Waals surface area contributed by atoms with Gasteiger partial charge in [0.05, 0.1) is 6.54 Å². The summed E-state index contributed by atoms with van der Waals surface area (Å²) < 4.78 is 5.59. The van der Waals surface area contributed by atoms with Crippen molar-refractivity contribution in [3.8, 4) is 0 Å². The predicted molar refractivity (Wildman–Crippen MR) is 87.6 cm³/mol. The second-order valence-corrected chi connectivity index (χ2v) is 6.35. The lowest BCUT2D eigenvalue weighted by Crippen LogP contribution is -2.55. The van der Waals surface area contributed by atoms with Gasteiger partial charge in [0.15, 0.2) is 11.3 Å². The van der Waals surface area contributed by atoms with Crippen molar-refractivity contribution in [1.29, 1.82) is 0 Å². The molecule has 23 heavy (non-hydrogen) atoms. The van der Waals surface area contributed by atoms with Crippen molar-refractivity contribution in [1.82, 2.24) is 4.90 Å². The highest BCUT2D eigenvalue weighted by molar-refractivity contribution is 5.72. The molecule has 1 aliphatic rings. The molecule has 0 bridgehead atoms. The number of amides is 1. The van der Waals surface area contributed by atoms with Crippen LogP contribution in [-0.4, -0.2) is 27.4 Å². The predicted octanol–water partition coefficient (Wildman–Crippen LogP) is 3.35. The summed E-state index contributed by atoms with van der Waals surface area (Å²) >= 11 is 0. The van der Waals surface area contributed by atoms with Crippen molar-refractivity contribution >= 4 is 6.09 Å². The SMILES string of the molecule is C[C@@]1(Cc2ccccc2)OC(=O)N(Cc2ccccc2)[C@@]1(C)O. The molecule has 0 spiro atoms. The fourth-order valence-electron chi connectivity index (χ4n) is 2.98. The summed E-state index contributed by atoms with van der Waals surface area (Å²) in [5.41, 5.74) is -0.422. The van der Waals surface area contributed by atoms with E-state index in [2.05, 4.69) is 0 Å². The minimum Gasteiger partial charge on any atom is -0.438 e. The number of hydrogen-bond donors (Lipinski definition) is 1. The minimum absolute atomic E-state index is 0.317. The van der Waals surface area contributed by atoms with Gasteiger partial charge in [0, 0.05) is 6.42 Å². The zero-order chi connectivity index (χ0) is 16.5. The van der Waals surface area contributed by atoms with Gasteiger partial charge in [-0.2, -0.15) is 0 Å². The summed E-state index contributed by atoms with van der Waals surface area (Å²) in [7, 11) is 0. The molecule has 2 atom stereocenters. The van der Waals surface area contributed by atoms with Gasteiger partial charge >= 0.3 is 6.09 Å². The number of carbonyl (C=O) groups excluding carboxylic acids is 1. The summed E-state index contributed by atoms with van der Waals surface area (Å²) in [5.74, 6) is 0.